The van der Waals surface area contributed by atoms with Crippen molar-refractivity contribution in [3.05, 3.63) is 43.8 Å². The second kappa shape index (κ2) is 5.79. The van der Waals surface area contributed by atoms with E-state index in [9.17, 15) is 9.90 Å². The highest BCUT2D eigenvalue weighted by Gasteiger charge is 2.12. The van der Waals surface area contributed by atoms with Gasteiger partial charge in [0.15, 0.2) is 0 Å². The van der Waals surface area contributed by atoms with Crippen LogP contribution in [0.25, 0.3) is 11.4 Å². The first kappa shape index (κ1) is 14.8. The molecule has 0 aliphatic carbocycles. The summed E-state index contributed by atoms with van der Waals surface area (Å²) in [6, 6.07) is 3.65. The van der Waals surface area contributed by atoms with Gasteiger partial charge in [-0.15, -0.1) is 0 Å². The lowest BCUT2D eigenvalue weighted by Gasteiger charge is -2.09. The molecule has 1 aromatic heterocycles. The van der Waals surface area contributed by atoms with Gasteiger partial charge in [-0.1, -0.05) is 13.3 Å². The molecule has 5 heteroatoms. The quantitative estimate of drug-likeness (QED) is 0.901. The van der Waals surface area contributed by atoms with E-state index in [1.807, 2.05) is 32.9 Å². The Bertz CT molecular complexity index is 685. The zero-order valence-electron chi connectivity index (χ0n) is 11.7. The van der Waals surface area contributed by atoms with Crippen LogP contribution in [0.2, 0.25) is 0 Å². The topological polar surface area (TPSA) is 66.0 Å². The minimum absolute atomic E-state index is 0.179. The lowest BCUT2D eigenvalue weighted by atomic mass is 10.1. The van der Waals surface area contributed by atoms with Crippen LogP contribution in [0, 0.1) is 13.8 Å². The number of phenols is 1. The lowest BCUT2D eigenvalue weighted by Crippen LogP contribution is -2.13. The molecule has 2 rings (SSSR count). The minimum Gasteiger partial charge on any atom is -0.507 e. The van der Waals surface area contributed by atoms with Crippen molar-refractivity contribution in [2.45, 2.75) is 33.6 Å². The summed E-state index contributed by atoms with van der Waals surface area (Å²) in [6.07, 6.45) is 1.66. The molecule has 0 bridgehead atoms. The molecule has 0 amide bonds. The normalized spacial score (nSPS) is 10.8. The molecular weight excluding hydrogens is 320 g/mol. The second-order valence-corrected chi connectivity index (χ2v) is 5.68. The number of aromatic amines is 1. The first-order valence-corrected chi connectivity index (χ1v) is 7.32. The highest BCUT2D eigenvalue weighted by atomic mass is 79.9. The third kappa shape index (κ3) is 2.77. The Morgan fingerprint density at radius 3 is 2.45 bits per heavy atom. The number of hydrogen-bond acceptors (Lipinski definition) is 3. The van der Waals surface area contributed by atoms with Gasteiger partial charge in [0.05, 0.1) is 5.69 Å². The highest BCUT2D eigenvalue weighted by Crippen LogP contribution is 2.27. The van der Waals surface area contributed by atoms with Gasteiger partial charge in [0, 0.05) is 5.56 Å². The molecule has 20 heavy (non-hydrogen) atoms. The Labute approximate surface area is 126 Å². The first-order valence-electron chi connectivity index (χ1n) is 6.53. The van der Waals surface area contributed by atoms with Gasteiger partial charge < -0.3 is 10.1 Å². The molecule has 0 fully saturated rings. The monoisotopic (exact) mass is 336 g/mol. The number of aromatic nitrogens is 2. The summed E-state index contributed by atoms with van der Waals surface area (Å²) in [6.45, 7) is 5.70. The van der Waals surface area contributed by atoms with Gasteiger partial charge in [-0.05, 0) is 59.5 Å². The third-order valence-corrected chi connectivity index (χ3v) is 4.00. The SMILES string of the molecule is CCCc1nc(-c2cc(C)c(O)c(C)c2)[nH]c(=O)c1Br. The van der Waals surface area contributed by atoms with Crippen LogP contribution in [0.3, 0.4) is 0 Å². The lowest BCUT2D eigenvalue weighted by molar-refractivity contribution is 0.467. The summed E-state index contributed by atoms with van der Waals surface area (Å²) < 4.78 is 0.496. The van der Waals surface area contributed by atoms with Crippen molar-refractivity contribution in [3.63, 3.8) is 0 Å². The maximum absolute atomic E-state index is 12.0. The Morgan fingerprint density at radius 2 is 1.90 bits per heavy atom. The van der Waals surface area contributed by atoms with Gasteiger partial charge in [0.1, 0.15) is 16.0 Å². The Hall–Kier alpha value is -1.62. The zero-order chi connectivity index (χ0) is 14.9. The van der Waals surface area contributed by atoms with Crippen LogP contribution in [-0.4, -0.2) is 15.1 Å². The smallest absolute Gasteiger partial charge is 0.265 e. The van der Waals surface area contributed by atoms with E-state index in [1.54, 1.807) is 0 Å². The Morgan fingerprint density at radius 1 is 1.30 bits per heavy atom. The van der Waals surface area contributed by atoms with E-state index in [2.05, 4.69) is 25.9 Å². The van der Waals surface area contributed by atoms with E-state index in [1.165, 1.54) is 0 Å². The largest absolute Gasteiger partial charge is 0.507 e. The van der Waals surface area contributed by atoms with Crippen molar-refractivity contribution >= 4 is 15.9 Å². The maximum atomic E-state index is 12.0. The van der Waals surface area contributed by atoms with Crippen LogP contribution >= 0.6 is 15.9 Å². The van der Waals surface area contributed by atoms with Crippen LogP contribution in [0.4, 0.5) is 0 Å². The molecule has 106 valence electrons. The van der Waals surface area contributed by atoms with E-state index in [-0.39, 0.29) is 11.3 Å². The number of halogens is 1. The fourth-order valence-electron chi connectivity index (χ4n) is 2.14. The van der Waals surface area contributed by atoms with Crippen LogP contribution in [0.5, 0.6) is 5.75 Å². The Kier molecular flexibility index (Phi) is 4.28. The second-order valence-electron chi connectivity index (χ2n) is 4.88. The summed E-state index contributed by atoms with van der Waals surface area (Å²) in [5.41, 5.74) is 2.92. The molecule has 0 saturated carbocycles. The number of aromatic hydroxyl groups is 1. The molecule has 4 nitrogen and oxygen atoms in total. The average molecular weight is 337 g/mol. The molecule has 2 aromatic rings. The molecule has 1 heterocycles. The highest BCUT2D eigenvalue weighted by molar-refractivity contribution is 9.10. The van der Waals surface area contributed by atoms with Crippen LogP contribution in [-0.2, 0) is 6.42 Å². The summed E-state index contributed by atoms with van der Waals surface area (Å²) in [4.78, 5) is 19.2. The number of aryl methyl sites for hydroxylation is 3. The maximum Gasteiger partial charge on any atom is 0.265 e. The third-order valence-electron chi connectivity index (χ3n) is 3.18. The van der Waals surface area contributed by atoms with Crippen molar-refractivity contribution < 1.29 is 5.11 Å². The fourth-order valence-corrected chi connectivity index (χ4v) is 2.52. The summed E-state index contributed by atoms with van der Waals surface area (Å²) in [7, 11) is 0. The van der Waals surface area contributed by atoms with Crippen molar-refractivity contribution in [3.8, 4) is 17.1 Å². The van der Waals surface area contributed by atoms with Crippen LogP contribution < -0.4 is 5.56 Å². The van der Waals surface area contributed by atoms with Crippen molar-refractivity contribution in [1.82, 2.24) is 9.97 Å². The number of phenolic OH excluding ortho intramolecular Hbond substituents is 1. The van der Waals surface area contributed by atoms with Crippen molar-refractivity contribution in [2.24, 2.45) is 0 Å². The summed E-state index contributed by atoms with van der Waals surface area (Å²) in [5, 5.41) is 9.82. The molecule has 0 spiro atoms. The number of hydrogen-bond donors (Lipinski definition) is 2. The predicted molar refractivity (Wildman–Crippen MR) is 83.1 cm³/mol. The fraction of sp³-hybridized carbons (Fsp3) is 0.333. The number of H-pyrrole nitrogens is 1. The van der Waals surface area contributed by atoms with E-state index in [4.69, 9.17) is 0 Å². The molecule has 0 radical (unpaired) electrons. The number of nitrogens with one attached hydrogen (secondary N) is 1. The molecular formula is C15H17BrN2O2. The van der Waals surface area contributed by atoms with Gasteiger partial charge in [-0.2, -0.15) is 0 Å². The van der Waals surface area contributed by atoms with Crippen molar-refractivity contribution in [2.75, 3.05) is 0 Å². The van der Waals surface area contributed by atoms with Gasteiger partial charge >= 0.3 is 0 Å². The van der Waals surface area contributed by atoms with Crippen LogP contribution in [0.15, 0.2) is 21.4 Å². The predicted octanol–water partition coefficient (Wildman–Crippen LogP) is 3.47. The Balaban J connectivity index is 2.61. The molecule has 0 aliphatic rings. The molecule has 0 atom stereocenters. The van der Waals surface area contributed by atoms with Gasteiger partial charge in [-0.25, -0.2) is 4.98 Å². The van der Waals surface area contributed by atoms with Gasteiger partial charge in [-0.3, -0.25) is 4.79 Å². The molecule has 0 saturated heterocycles. The average Bonchev–Trinajstić information content (AvgIpc) is 2.40. The van der Waals surface area contributed by atoms with Gasteiger partial charge in [0.2, 0.25) is 0 Å². The summed E-state index contributed by atoms with van der Waals surface area (Å²) >= 11 is 3.28. The van der Waals surface area contributed by atoms with E-state index in [0.717, 1.165) is 35.2 Å². The molecule has 1 aromatic carbocycles. The molecule has 0 unspecified atom stereocenters. The number of benzene rings is 1. The molecule has 0 aliphatic heterocycles. The van der Waals surface area contributed by atoms with Gasteiger partial charge in [0.25, 0.3) is 5.56 Å². The number of rotatable bonds is 3. The van der Waals surface area contributed by atoms with E-state index < -0.39 is 0 Å². The van der Waals surface area contributed by atoms with Crippen LogP contribution in [0.1, 0.15) is 30.2 Å². The summed E-state index contributed by atoms with van der Waals surface area (Å²) in [5.74, 6) is 0.815. The standard InChI is InChI=1S/C15H17BrN2O2/c1-4-5-11-12(16)15(20)18-14(17-11)10-6-8(2)13(19)9(3)7-10/h6-7,19H,4-5H2,1-3H3,(H,17,18,20). The minimum atomic E-state index is -0.179. The zero-order valence-corrected chi connectivity index (χ0v) is 13.3. The number of nitrogens with zero attached hydrogens (tertiary/aromatic N) is 1. The van der Waals surface area contributed by atoms with Crippen molar-refractivity contribution in [1.29, 1.82) is 0 Å². The van der Waals surface area contributed by atoms with E-state index in [0.29, 0.717) is 10.3 Å². The first-order chi connectivity index (χ1) is 9.43. The van der Waals surface area contributed by atoms with E-state index >= 15 is 0 Å². The molecule has 2 N–H and O–H groups in total.